The minimum Gasteiger partial charge on any atom is -0.297 e. The summed E-state index contributed by atoms with van der Waals surface area (Å²) >= 11 is 0. The van der Waals surface area contributed by atoms with Gasteiger partial charge in [-0.2, -0.15) is 0 Å². The lowest BCUT2D eigenvalue weighted by molar-refractivity contribution is 0.982. The van der Waals surface area contributed by atoms with Crippen LogP contribution in [0, 0.1) is 0 Å². The van der Waals surface area contributed by atoms with E-state index in [1.807, 2.05) is 60.7 Å². The molecule has 0 saturated heterocycles. The van der Waals surface area contributed by atoms with Crippen LogP contribution < -0.4 is 11.0 Å². The lowest BCUT2D eigenvalue weighted by Crippen LogP contribution is -2.30. The van der Waals surface area contributed by atoms with Crippen molar-refractivity contribution in [3.63, 3.8) is 0 Å². The Morgan fingerprint density at radius 3 is 1.80 bits per heavy atom. The van der Waals surface area contributed by atoms with Crippen molar-refractivity contribution in [1.82, 2.24) is 10.2 Å². The molecule has 0 unspecified atom stereocenters. The summed E-state index contributed by atoms with van der Waals surface area (Å²) in [6.07, 6.45) is 0. The first-order chi connectivity index (χ1) is 9.77. The molecule has 0 fully saturated rings. The molecule has 3 rings (SSSR count). The molecule has 4 heteroatoms. The molecule has 4 nitrogen and oxygen atoms in total. The second-order valence-corrected chi connectivity index (χ2v) is 4.39. The first kappa shape index (κ1) is 12.2. The van der Waals surface area contributed by atoms with Crippen LogP contribution in [0.2, 0.25) is 0 Å². The summed E-state index contributed by atoms with van der Waals surface area (Å²) in [5.74, 6) is 0. The second-order valence-electron chi connectivity index (χ2n) is 4.39. The molecule has 0 aliphatic carbocycles. The van der Waals surface area contributed by atoms with Gasteiger partial charge in [0.05, 0.1) is 11.3 Å². The number of nitrogens with one attached hydrogen (secondary N) is 2. The van der Waals surface area contributed by atoms with Gasteiger partial charge in [-0.15, -0.1) is 0 Å². The second kappa shape index (κ2) is 5.01. The van der Waals surface area contributed by atoms with E-state index < -0.39 is 11.0 Å². The van der Waals surface area contributed by atoms with Crippen LogP contribution in [0.25, 0.3) is 22.4 Å². The molecule has 0 saturated carbocycles. The van der Waals surface area contributed by atoms with E-state index in [9.17, 15) is 9.59 Å². The van der Waals surface area contributed by atoms with Crippen molar-refractivity contribution in [2.24, 2.45) is 0 Å². The highest BCUT2D eigenvalue weighted by Gasteiger charge is 2.13. The van der Waals surface area contributed by atoms with Gasteiger partial charge in [0.1, 0.15) is 0 Å². The van der Waals surface area contributed by atoms with Gasteiger partial charge in [0.15, 0.2) is 0 Å². The predicted octanol–water partition coefficient (Wildman–Crippen LogP) is 2.40. The molecule has 0 atom stereocenters. The van der Waals surface area contributed by atoms with Crippen LogP contribution >= 0.6 is 0 Å². The highest BCUT2D eigenvalue weighted by Crippen LogP contribution is 2.25. The zero-order valence-electron chi connectivity index (χ0n) is 10.6. The Bertz CT molecular complexity index is 834. The summed E-state index contributed by atoms with van der Waals surface area (Å²) in [6, 6.07) is 18.6. The van der Waals surface area contributed by atoms with E-state index in [-0.39, 0.29) is 0 Å². The van der Waals surface area contributed by atoms with Gasteiger partial charge in [-0.1, -0.05) is 60.7 Å². The minimum atomic E-state index is -0.650. The summed E-state index contributed by atoms with van der Waals surface area (Å²) in [6.45, 7) is 0. The topological polar surface area (TPSA) is 65.7 Å². The Balaban J connectivity index is 2.35. The quantitative estimate of drug-likeness (QED) is 0.698. The van der Waals surface area contributed by atoms with Gasteiger partial charge in [-0.25, -0.2) is 0 Å². The zero-order chi connectivity index (χ0) is 13.9. The summed E-state index contributed by atoms with van der Waals surface area (Å²) in [5.41, 5.74) is 1.39. The third kappa shape index (κ3) is 2.07. The SMILES string of the molecule is O=c1[nH][nH]c(-c2ccccc2)c(-c2ccccc2)c1=O. The van der Waals surface area contributed by atoms with Gasteiger partial charge in [-0.3, -0.25) is 19.8 Å². The molecule has 3 aromatic rings. The highest BCUT2D eigenvalue weighted by atomic mass is 16.2. The standard InChI is InChI=1S/C16H12N2O2/c19-15-13(11-7-3-1-4-8-11)14(17-18-16(15)20)12-9-5-2-6-10-12/h1-10H,(H,17,19)(H,18,20). The lowest BCUT2D eigenvalue weighted by Gasteiger charge is -2.08. The molecule has 1 heterocycles. The molecule has 0 bridgehead atoms. The molecule has 2 aromatic carbocycles. The molecule has 0 aliphatic rings. The minimum absolute atomic E-state index is 0.389. The van der Waals surface area contributed by atoms with E-state index in [2.05, 4.69) is 10.2 Å². The predicted molar refractivity (Wildman–Crippen MR) is 78.6 cm³/mol. The van der Waals surface area contributed by atoms with E-state index in [1.165, 1.54) is 0 Å². The molecule has 0 radical (unpaired) electrons. The Morgan fingerprint density at radius 1 is 0.650 bits per heavy atom. The number of aromatic nitrogens is 2. The van der Waals surface area contributed by atoms with Gasteiger partial charge >= 0.3 is 5.56 Å². The normalized spacial score (nSPS) is 10.4. The van der Waals surface area contributed by atoms with Crippen LogP contribution in [0.15, 0.2) is 70.3 Å². The van der Waals surface area contributed by atoms with Gasteiger partial charge < -0.3 is 0 Å². The number of hydrogen-bond acceptors (Lipinski definition) is 2. The maximum absolute atomic E-state index is 12.2. The van der Waals surface area contributed by atoms with Crippen molar-refractivity contribution in [2.45, 2.75) is 0 Å². The third-order valence-corrected chi connectivity index (χ3v) is 3.11. The van der Waals surface area contributed by atoms with Crippen LogP contribution in [0.4, 0.5) is 0 Å². The summed E-state index contributed by atoms with van der Waals surface area (Å²) in [7, 11) is 0. The molecule has 98 valence electrons. The summed E-state index contributed by atoms with van der Waals surface area (Å²) in [4.78, 5) is 23.8. The van der Waals surface area contributed by atoms with Gasteiger partial charge in [-0.05, 0) is 5.56 Å². The molecule has 1 aromatic heterocycles. The number of H-pyrrole nitrogens is 2. The Morgan fingerprint density at radius 2 is 1.20 bits per heavy atom. The van der Waals surface area contributed by atoms with Crippen molar-refractivity contribution < 1.29 is 0 Å². The molecular formula is C16H12N2O2. The van der Waals surface area contributed by atoms with E-state index >= 15 is 0 Å². The number of hydrogen-bond donors (Lipinski definition) is 2. The lowest BCUT2D eigenvalue weighted by atomic mass is 10.00. The van der Waals surface area contributed by atoms with Crippen molar-refractivity contribution in [3.8, 4) is 22.4 Å². The summed E-state index contributed by atoms with van der Waals surface area (Å²) in [5, 5.41) is 5.21. The largest absolute Gasteiger partial charge is 0.310 e. The maximum atomic E-state index is 12.2. The average molecular weight is 264 g/mol. The maximum Gasteiger partial charge on any atom is 0.310 e. The van der Waals surface area contributed by atoms with Crippen molar-refractivity contribution in [2.75, 3.05) is 0 Å². The molecule has 0 amide bonds. The van der Waals surface area contributed by atoms with Crippen LogP contribution in [0.3, 0.4) is 0 Å². The zero-order valence-corrected chi connectivity index (χ0v) is 10.6. The van der Waals surface area contributed by atoms with Crippen LogP contribution in [0.1, 0.15) is 0 Å². The van der Waals surface area contributed by atoms with Crippen LogP contribution in [-0.4, -0.2) is 10.2 Å². The monoisotopic (exact) mass is 264 g/mol. The van der Waals surface area contributed by atoms with Gasteiger partial charge in [0.2, 0.25) is 0 Å². The molecule has 2 N–H and O–H groups in total. The molecular weight excluding hydrogens is 252 g/mol. The molecule has 0 aliphatic heterocycles. The Hall–Kier alpha value is -2.88. The van der Waals surface area contributed by atoms with Gasteiger partial charge in [0, 0.05) is 5.56 Å². The van der Waals surface area contributed by atoms with E-state index in [1.54, 1.807) is 0 Å². The Labute approximate surface area is 114 Å². The van der Waals surface area contributed by atoms with Gasteiger partial charge in [0.25, 0.3) is 5.43 Å². The van der Waals surface area contributed by atoms with Crippen molar-refractivity contribution in [3.05, 3.63) is 81.2 Å². The van der Waals surface area contributed by atoms with E-state index in [0.717, 1.165) is 11.1 Å². The number of rotatable bonds is 2. The number of aromatic amines is 2. The summed E-state index contributed by atoms with van der Waals surface area (Å²) < 4.78 is 0. The van der Waals surface area contributed by atoms with Crippen LogP contribution in [-0.2, 0) is 0 Å². The van der Waals surface area contributed by atoms with E-state index in [0.29, 0.717) is 11.3 Å². The fourth-order valence-corrected chi connectivity index (χ4v) is 2.17. The van der Waals surface area contributed by atoms with Crippen molar-refractivity contribution >= 4 is 0 Å². The average Bonchev–Trinajstić information content (AvgIpc) is 2.51. The first-order valence-corrected chi connectivity index (χ1v) is 6.23. The van der Waals surface area contributed by atoms with E-state index in [4.69, 9.17) is 0 Å². The molecule has 0 spiro atoms. The fourth-order valence-electron chi connectivity index (χ4n) is 2.17. The van der Waals surface area contributed by atoms with Crippen molar-refractivity contribution in [1.29, 1.82) is 0 Å². The molecule has 20 heavy (non-hydrogen) atoms. The third-order valence-electron chi connectivity index (χ3n) is 3.11. The number of benzene rings is 2. The highest BCUT2D eigenvalue weighted by molar-refractivity contribution is 5.79. The first-order valence-electron chi connectivity index (χ1n) is 6.23. The Kier molecular flexibility index (Phi) is 3.05. The smallest absolute Gasteiger partial charge is 0.297 e. The fraction of sp³-hybridized carbons (Fsp3) is 0. The van der Waals surface area contributed by atoms with Crippen LogP contribution in [0.5, 0.6) is 0 Å².